The number of aryl methyl sites for hydroxylation is 1. The van der Waals surface area contributed by atoms with Gasteiger partial charge in [-0.05, 0) is 24.6 Å². The number of nitrogens with zero attached hydrogens (tertiary/aromatic N) is 1. The summed E-state index contributed by atoms with van der Waals surface area (Å²) in [4.78, 5) is 25.1. The van der Waals surface area contributed by atoms with Crippen LogP contribution in [0.3, 0.4) is 0 Å². The van der Waals surface area contributed by atoms with Gasteiger partial charge in [-0.15, -0.1) is 13.2 Å². The van der Waals surface area contributed by atoms with Crippen molar-refractivity contribution in [2.24, 2.45) is 0 Å². The van der Waals surface area contributed by atoms with Crippen molar-refractivity contribution in [3.63, 3.8) is 0 Å². The molecule has 1 aromatic heterocycles. The van der Waals surface area contributed by atoms with Gasteiger partial charge in [0.25, 0.3) is 5.91 Å². The molecule has 5 nitrogen and oxygen atoms in total. The van der Waals surface area contributed by atoms with Crippen molar-refractivity contribution in [2.75, 3.05) is 19.7 Å². The molecule has 0 aliphatic heterocycles. The van der Waals surface area contributed by atoms with Crippen molar-refractivity contribution in [3.05, 3.63) is 65.6 Å². The zero-order valence-corrected chi connectivity index (χ0v) is 13.1. The molecule has 1 amide bonds. The lowest BCUT2D eigenvalue weighted by atomic mass is 10.1. The first-order chi connectivity index (χ1) is 11.0. The average Bonchev–Trinajstić information content (AvgIpc) is 2.51. The summed E-state index contributed by atoms with van der Waals surface area (Å²) < 4.78 is 10.7. The summed E-state index contributed by atoms with van der Waals surface area (Å²) in [6.45, 7) is 9.84. The number of carbonyl (C=O) groups excluding carboxylic acids is 1. The summed E-state index contributed by atoms with van der Waals surface area (Å²) in [6, 6.07) is 6.60. The lowest BCUT2D eigenvalue weighted by molar-refractivity contribution is -0.132. The van der Waals surface area contributed by atoms with E-state index >= 15 is 0 Å². The lowest BCUT2D eigenvalue weighted by Gasteiger charge is -2.19. The number of benzene rings is 1. The first-order valence-corrected chi connectivity index (χ1v) is 7.22. The number of amides is 1. The summed E-state index contributed by atoms with van der Waals surface area (Å²) in [7, 11) is 0. The second-order valence-electron chi connectivity index (χ2n) is 5.07. The number of fused-ring (bicyclic) bond motifs is 1. The summed E-state index contributed by atoms with van der Waals surface area (Å²) in [6.07, 6.45) is 3.30. The van der Waals surface area contributed by atoms with Gasteiger partial charge in [0.05, 0.1) is 0 Å². The summed E-state index contributed by atoms with van der Waals surface area (Å²) in [5.41, 5.74) is 0.863. The van der Waals surface area contributed by atoms with E-state index in [9.17, 15) is 9.59 Å². The van der Waals surface area contributed by atoms with Crippen LogP contribution in [-0.2, 0) is 4.79 Å². The standard InChI is InChI=1S/C18H19NO4/c1-4-8-19(9-5-2)17(20)12-22-14-6-7-15-13(3)10-18(21)23-16(15)11-14/h4-7,10-11H,1-2,8-9,12H2,3H3. The van der Waals surface area contributed by atoms with Crippen LogP contribution < -0.4 is 10.4 Å². The third-order valence-electron chi connectivity index (χ3n) is 3.34. The highest BCUT2D eigenvalue weighted by atomic mass is 16.5. The summed E-state index contributed by atoms with van der Waals surface area (Å²) in [5, 5.41) is 0.836. The number of hydrogen-bond acceptors (Lipinski definition) is 4. The van der Waals surface area contributed by atoms with E-state index in [0.29, 0.717) is 24.4 Å². The highest BCUT2D eigenvalue weighted by Crippen LogP contribution is 2.22. The second kappa shape index (κ2) is 7.45. The summed E-state index contributed by atoms with van der Waals surface area (Å²) >= 11 is 0. The van der Waals surface area contributed by atoms with Crippen molar-refractivity contribution >= 4 is 16.9 Å². The van der Waals surface area contributed by atoms with E-state index in [1.54, 1.807) is 35.3 Å². The molecule has 0 spiro atoms. The molecule has 0 fully saturated rings. The quantitative estimate of drug-likeness (QED) is 0.582. The molecule has 120 valence electrons. The first-order valence-electron chi connectivity index (χ1n) is 7.22. The maximum Gasteiger partial charge on any atom is 0.336 e. The van der Waals surface area contributed by atoms with Crippen molar-refractivity contribution in [2.45, 2.75) is 6.92 Å². The highest BCUT2D eigenvalue weighted by molar-refractivity contribution is 5.81. The lowest BCUT2D eigenvalue weighted by Crippen LogP contribution is -2.35. The van der Waals surface area contributed by atoms with Crippen LogP contribution in [0.2, 0.25) is 0 Å². The predicted octanol–water partition coefficient (Wildman–Crippen LogP) is 2.68. The number of carbonyl (C=O) groups is 1. The molecule has 0 N–H and O–H groups in total. The van der Waals surface area contributed by atoms with Crippen LogP contribution >= 0.6 is 0 Å². The fraction of sp³-hybridized carbons (Fsp3) is 0.222. The minimum Gasteiger partial charge on any atom is -0.484 e. The Morgan fingerprint density at radius 1 is 1.26 bits per heavy atom. The van der Waals surface area contributed by atoms with Crippen LogP contribution in [0.25, 0.3) is 11.0 Å². The molecule has 1 heterocycles. The Balaban J connectivity index is 2.12. The van der Waals surface area contributed by atoms with E-state index in [4.69, 9.17) is 9.15 Å². The fourth-order valence-corrected chi connectivity index (χ4v) is 2.22. The second-order valence-corrected chi connectivity index (χ2v) is 5.07. The first kappa shape index (κ1) is 16.5. The topological polar surface area (TPSA) is 59.8 Å². The number of rotatable bonds is 7. The van der Waals surface area contributed by atoms with E-state index in [-0.39, 0.29) is 12.5 Å². The molecule has 0 radical (unpaired) electrons. The molecule has 5 heteroatoms. The number of ether oxygens (including phenoxy) is 1. The Hall–Kier alpha value is -2.82. The fourth-order valence-electron chi connectivity index (χ4n) is 2.22. The Morgan fingerprint density at radius 2 is 1.96 bits per heavy atom. The van der Waals surface area contributed by atoms with Crippen molar-refractivity contribution in [3.8, 4) is 5.75 Å². The zero-order chi connectivity index (χ0) is 16.8. The van der Waals surface area contributed by atoms with Crippen molar-refractivity contribution in [1.82, 2.24) is 4.90 Å². The minimum absolute atomic E-state index is 0.108. The van der Waals surface area contributed by atoms with Crippen LogP contribution in [0.5, 0.6) is 5.75 Å². The summed E-state index contributed by atoms with van der Waals surface area (Å²) in [5.74, 6) is 0.298. The molecule has 2 rings (SSSR count). The molecule has 0 aliphatic carbocycles. The molecule has 0 saturated heterocycles. The molecule has 0 bridgehead atoms. The number of hydrogen-bond donors (Lipinski definition) is 0. The monoisotopic (exact) mass is 313 g/mol. The van der Waals surface area contributed by atoms with Crippen LogP contribution in [0, 0.1) is 6.92 Å². The Kier molecular flexibility index (Phi) is 5.36. The Bertz CT molecular complexity index is 781. The minimum atomic E-state index is -0.411. The van der Waals surface area contributed by atoms with E-state index < -0.39 is 5.63 Å². The third-order valence-corrected chi connectivity index (χ3v) is 3.34. The van der Waals surface area contributed by atoms with Gasteiger partial charge >= 0.3 is 5.63 Å². The molecular formula is C18H19NO4. The molecule has 0 aliphatic rings. The van der Waals surface area contributed by atoms with Crippen LogP contribution in [0.15, 0.2) is 58.8 Å². The third kappa shape index (κ3) is 4.10. The van der Waals surface area contributed by atoms with Gasteiger partial charge in [-0.25, -0.2) is 4.79 Å². The van der Waals surface area contributed by atoms with E-state index in [2.05, 4.69) is 13.2 Å². The smallest absolute Gasteiger partial charge is 0.336 e. The SMILES string of the molecule is C=CCN(CC=C)C(=O)COc1ccc2c(C)cc(=O)oc2c1. The van der Waals surface area contributed by atoms with Gasteiger partial charge in [-0.2, -0.15) is 0 Å². The van der Waals surface area contributed by atoms with Gasteiger partial charge in [0.2, 0.25) is 0 Å². The van der Waals surface area contributed by atoms with Gasteiger partial charge in [0, 0.05) is 30.6 Å². The largest absolute Gasteiger partial charge is 0.484 e. The molecule has 0 saturated carbocycles. The molecular weight excluding hydrogens is 294 g/mol. The average molecular weight is 313 g/mol. The maximum atomic E-state index is 12.1. The van der Waals surface area contributed by atoms with Gasteiger partial charge < -0.3 is 14.1 Å². The van der Waals surface area contributed by atoms with Crippen LogP contribution in [-0.4, -0.2) is 30.5 Å². The maximum absolute atomic E-state index is 12.1. The van der Waals surface area contributed by atoms with E-state index in [0.717, 1.165) is 10.9 Å². The molecule has 0 atom stereocenters. The van der Waals surface area contributed by atoms with E-state index in [1.807, 2.05) is 6.92 Å². The van der Waals surface area contributed by atoms with Gasteiger partial charge in [-0.3, -0.25) is 4.79 Å². The van der Waals surface area contributed by atoms with Gasteiger partial charge in [0.15, 0.2) is 6.61 Å². The Morgan fingerprint density at radius 3 is 2.61 bits per heavy atom. The van der Waals surface area contributed by atoms with Crippen molar-refractivity contribution in [1.29, 1.82) is 0 Å². The highest BCUT2D eigenvalue weighted by Gasteiger charge is 2.12. The molecule has 23 heavy (non-hydrogen) atoms. The Labute approximate surface area is 134 Å². The van der Waals surface area contributed by atoms with Crippen LogP contribution in [0.1, 0.15) is 5.56 Å². The predicted molar refractivity (Wildman–Crippen MR) is 89.7 cm³/mol. The van der Waals surface area contributed by atoms with Crippen molar-refractivity contribution < 1.29 is 13.9 Å². The van der Waals surface area contributed by atoms with E-state index in [1.165, 1.54) is 6.07 Å². The van der Waals surface area contributed by atoms with Gasteiger partial charge in [-0.1, -0.05) is 12.2 Å². The molecule has 1 aromatic carbocycles. The normalized spacial score (nSPS) is 10.3. The zero-order valence-electron chi connectivity index (χ0n) is 13.1. The van der Waals surface area contributed by atoms with Crippen LogP contribution in [0.4, 0.5) is 0 Å². The molecule has 2 aromatic rings. The molecule has 0 unspecified atom stereocenters. The van der Waals surface area contributed by atoms with Gasteiger partial charge in [0.1, 0.15) is 11.3 Å².